The zero-order valence-corrected chi connectivity index (χ0v) is 9.80. The van der Waals surface area contributed by atoms with Crippen molar-refractivity contribution in [1.82, 2.24) is 4.98 Å². The second-order valence-electron chi connectivity index (χ2n) is 4.06. The number of hydrogen-bond donors (Lipinski definition) is 2. The Balaban J connectivity index is 1.75. The maximum absolute atomic E-state index is 4.21. The lowest BCUT2D eigenvalue weighted by Crippen LogP contribution is -1.89. The van der Waals surface area contributed by atoms with E-state index >= 15 is 0 Å². The van der Waals surface area contributed by atoms with Gasteiger partial charge in [0.05, 0.1) is 11.9 Å². The molecule has 0 spiro atoms. The summed E-state index contributed by atoms with van der Waals surface area (Å²) in [5, 5.41) is 5.43. The number of anilines is 1. The number of hydrogen-bond acceptors (Lipinski definition) is 2. The highest BCUT2D eigenvalue weighted by Crippen LogP contribution is 2.13. The van der Waals surface area contributed by atoms with Crippen LogP contribution in [0, 0.1) is 0 Å². The highest BCUT2D eigenvalue weighted by molar-refractivity contribution is 5.88. The van der Waals surface area contributed by atoms with Crippen molar-refractivity contribution in [3.05, 3.63) is 66.4 Å². The number of rotatable bonds is 3. The van der Waals surface area contributed by atoms with E-state index in [0.717, 1.165) is 16.8 Å². The number of aromatic nitrogens is 1. The summed E-state index contributed by atoms with van der Waals surface area (Å²) in [6.07, 6.45) is 3.75. The molecule has 0 bridgehead atoms. The second-order valence-corrected chi connectivity index (χ2v) is 4.06. The quantitative estimate of drug-likeness (QED) is 0.528. The van der Waals surface area contributed by atoms with Crippen LogP contribution in [0.25, 0.3) is 10.9 Å². The van der Waals surface area contributed by atoms with E-state index in [1.54, 1.807) is 0 Å². The van der Waals surface area contributed by atoms with Crippen LogP contribution in [0.1, 0.15) is 5.56 Å². The maximum atomic E-state index is 4.21. The average molecular weight is 235 g/mol. The van der Waals surface area contributed by atoms with Crippen LogP contribution in [-0.4, -0.2) is 11.2 Å². The van der Waals surface area contributed by atoms with Crippen molar-refractivity contribution in [2.75, 3.05) is 5.43 Å². The van der Waals surface area contributed by atoms with E-state index in [4.69, 9.17) is 0 Å². The van der Waals surface area contributed by atoms with Gasteiger partial charge in [0, 0.05) is 11.7 Å². The van der Waals surface area contributed by atoms with Crippen LogP contribution in [0.15, 0.2) is 65.9 Å². The minimum Gasteiger partial charge on any atom is -0.361 e. The predicted octanol–water partition coefficient (Wildman–Crippen LogP) is 3.61. The molecule has 18 heavy (non-hydrogen) atoms. The highest BCUT2D eigenvalue weighted by Gasteiger charge is 1.94. The van der Waals surface area contributed by atoms with Gasteiger partial charge in [-0.15, -0.1) is 0 Å². The Kier molecular flexibility index (Phi) is 2.80. The molecule has 0 atom stereocenters. The van der Waals surface area contributed by atoms with E-state index in [-0.39, 0.29) is 0 Å². The number of benzene rings is 2. The molecule has 0 aliphatic rings. The van der Waals surface area contributed by atoms with Gasteiger partial charge in [-0.3, -0.25) is 5.43 Å². The molecular formula is C15H13N3. The number of fused-ring (bicyclic) bond motifs is 1. The van der Waals surface area contributed by atoms with Crippen molar-refractivity contribution in [2.24, 2.45) is 5.10 Å². The zero-order valence-electron chi connectivity index (χ0n) is 9.80. The number of aromatic amines is 1. The maximum Gasteiger partial charge on any atom is 0.0561 e. The first-order valence-electron chi connectivity index (χ1n) is 5.83. The molecule has 3 rings (SSSR count). The van der Waals surface area contributed by atoms with Crippen molar-refractivity contribution in [3.63, 3.8) is 0 Å². The van der Waals surface area contributed by atoms with Crippen LogP contribution in [0.3, 0.4) is 0 Å². The first-order chi connectivity index (χ1) is 8.92. The predicted molar refractivity (Wildman–Crippen MR) is 76.0 cm³/mol. The van der Waals surface area contributed by atoms with Gasteiger partial charge in [0.2, 0.25) is 0 Å². The van der Waals surface area contributed by atoms with Crippen molar-refractivity contribution in [2.45, 2.75) is 0 Å². The normalized spacial score (nSPS) is 11.1. The number of nitrogens with one attached hydrogen (secondary N) is 2. The van der Waals surface area contributed by atoms with E-state index < -0.39 is 0 Å². The Morgan fingerprint density at radius 1 is 1.00 bits per heavy atom. The molecule has 0 radical (unpaired) electrons. The van der Waals surface area contributed by atoms with E-state index in [0.29, 0.717) is 0 Å². The van der Waals surface area contributed by atoms with Gasteiger partial charge in [0.25, 0.3) is 0 Å². The molecule has 3 aromatic rings. The third-order valence-corrected chi connectivity index (χ3v) is 2.76. The summed E-state index contributed by atoms with van der Waals surface area (Å²) in [6.45, 7) is 0. The number of nitrogens with zero attached hydrogens (tertiary/aromatic N) is 1. The van der Waals surface area contributed by atoms with Gasteiger partial charge in [-0.2, -0.15) is 5.10 Å². The summed E-state index contributed by atoms with van der Waals surface area (Å²) in [7, 11) is 0. The molecule has 2 aromatic carbocycles. The monoisotopic (exact) mass is 235 g/mol. The zero-order chi connectivity index (χ0) is 12.2. The molecule has 0 fully saturated rings. The Hall–Kier alpha value is -2.55. The van der Waals surface area contributed by atoms with Crippen molar-refractivity contribution in [1.29, 1.82) is 0 Å². The molecule has 0 saturated heterocycles. The summed E-state index contributed by atoms with van der Waals surface area (Å²) in [6, 6.07) is 18.1. The number of para-hydroxylation sites is 1. The molecule has 3 nitrogen and oxygen atoms in total. The third kappa shape index (κ3) is 2.25. The minimum absolute atomic E-state index is 0.981. The first-order valence-corrected chi connectivity index (χ1v) is 5.83. The summed E-state index contributed by atoms with van der Waals surface area (Å²) < 4.78 is 0. The van der Waals surface area contributed by atoms with E-state index in [1.165, 1.54) is 5.39 Å². The van der Waals surface area contributed by atoms with Crippen LogP contribution < -0.4 is 5.43 Å². The molecule has 0 saturated carbocycles. The Labute approximate surface area is 105 Å². The molecule has 2 N–H and O–H groups in total. The van der Waals surface area contributed by atoms with Gasteiger partial charge < -0.3 is 4.98 Å². The third-order valence-electron chi connectivity index (χ3n) is 2.76. The summed E-state index contributed by atoms with van der Waals surface area (Å²) in [5.74, 6) is 0. The van der Waals surface area contributed by atoms with Crippen LogP contribution in [0.5, 0.6) is 0 Å². The van der Waals surface area contributed by atoms with Gasteiger partial charge in [-0.25, -0.2) is 0 Å². The van der Waals surface area contributed by atoms with Gasteiger partial charge >= 0.3 is 0 Å². The van der Waals surface area contributed by atoms with Gasteiger partial charge in [-0.05, 0) is 35.2 Å². The molecular weight excluding hydrogens is 222 g/mol. The number of hydrazone groups is 1. The summed E-state index contributed by atoms with van der Waals surface area (Å²) >= 11 is 0. The average Bonchev–Trinajstić information content (AvgIpc) is 2.87. The van der Waals surface area contributed by atoms with Crippen LogP contribution in [0.4, 0.5) is 5.69 Å². The van der Waals surface area contributed by atoms with Crippen molar-refractivity contribution < 1.29 is 0 Å². The molecule has 1 aromatic heterocycles. The lowest BCUT2D eigenvalue weighted by Gasteiger charge is -1.98. The fourth-order valence-corrected chi connectivity index (χ4v) is 1.84. The molecule has 0 unspecified atom stereocenters. The molecule has 0 aliphatic heterocycles. The van der Waals surface area contributed by atoms with E-state index in [1.807, 2.05) is 48.8 Å². The van der Waals surface area contributed by atoms with E-state index in [2.05, 4.69) is 33.7 Å². The standard InChI is InChI=1S/C15H13N3/c1-2-4-14(5-3-1)18-17-11-12-6-7-13-8-9-16-15(13)10-12/h1-11,16,18H. The smallest absolute Gasteiger partial charge is 0.0561 e. The van der Waals surface area contributed by atoms with Gasteiger partial charge in [0.1, 0.15) is 0 Å². The minimum atomic E-state index is 0.981. The topological polar surface area (TPSA) is 40.2 Å². The highest BCUT2D eigenvalue weighted by atomic mass is 15.3. The van der Waals surface area contributed by atoms with Crippen molar-refractivity contribution in [3.8, 4) is 0 Å². The lowest BCUT2D eigenvalue weighted by molar-refractivity contribution is 1.35. The summed E-state index contributed by atoms with van der Waals surface area (Å²) in [5.41, 5.74) is 6.16. The summed E-state index contributed by atoms with van der Waals surface area (Å²) in [4.78, 5) is 3.19. The van der Waals surface area contributed by atoms with Gasteiger partial charge in [-0.1, -0.05) is 30.3 Å². The Bertz CT molecular complexity index is 668. The van der Waals surface area contributed by atoms with E-state index in [9.17, 15) is 0 Å². The number of H-pyrrole nitrogens is 1. The molecule has 0 aliphatic carbocycles. The molecule has 0 amide bonds. The Morgan fingerprint density at radius 3 is 2.78 bits per heavy atom. The second kappa shape index (κ2) is 4.75. The SMILES string of the molecule is C(=NNc1ccccc1)c1ccc2cc[nH]c2c1. The lowest BCUT2D eigenvalue weighted by atomic mass is 10.2. The van der Waals surface area contributed by atoms with Crippen LogP contribution in [0.2, 0.25) is 0 Å². The Morgan fingerprint density at radius 2 is 1.89 bits per heavy atom. The largest absolute Gasteiger partial charge is 0.361 e. The molecule has 88 valence electrons. The van der Waals surface area contributed by atoms with Crippen molar-refractivity contribution >= 4 is 22.8 Å². The van der Waals surface area contributed by atoms with Crippen LogP contribution >= 0.6 is 0 Å². The molecule has 1 heterocycles. The molecule has 3 heteroatoms. The fraction of sp³-hybridized carbons (Fsp3) is 0. The van der Waals surface area contributed by atoms with Gasteiger partial charge in [0.15, 0.2) is 0 Å². The van der Waals surface area contributed by atoms with Crippen LogP contribution in [-0.2, 0) is 0 Å². The fourth-order valence-electron chi connectivity index (χ4n) is 1.84. The first kappa shape index (κ1) is 10.6.